The summed E-state index contributed by atoms with van der Waals surface area (Å²) in [7, 11) is 1.85. The summed E-state index contributed by atoms with van der Waals surface area (Å²) in [5, 5.41) is 8.52. The maximum Gasteiger partial charge on any atom is 0.334 e. The van der Waals surface area contributed by atoms with Crippen LogP contribution < -0.4 is 0 Å². The van der Waals surface area contributed by atoms with Crippen LogP contribution >= 0.6 is 0 Å². The molecule has 0 saturated carbocycles. The third-order valence-electron chi connectivity index (χ3n) is 2.14. The highest BCUT2D eigenvalue weighted by molar-refractivity contribution is 5.88. The number of carbonyl (C=O) groups is 1. The molecule has 0 N–H and O–H groups in total. The van der Waals surface area contributed by atoms with Gasteiger partial charge in [0.25, 0.3) is 0 Å². The normalized spacial score (nSPS) is 11.9. The lowest BCUT2D eigenvalue weighted by atomic mass is 10.2. The molecule has 0 aliphatic carbocycles. The smallest absolute Gasteiger partial charge is 0.334 e. The third kappa shape index (κ3) is 5.18. The molecule has 0 amide bonds. The van der Waals surface area contributed by atoms with Crippen LogP contribution in [0.15, 0.2) is 12.2 Å². The lowest BCUT2D eigenvalue weighted by Crippen LogP contribution is -2.32. The van der Waals surface area contributed by atoms with Gasteiger partial charge in [-0.15, -0.1) is 0 Å². The minimum absolute atomic E-state index is 0.112. The molecule has 1 unspecified atom stereocenters. The molecule has 4 heteroatoms. The second kappa shape index (κ2) is 7.02. The molecule has 0 heterocycles. The first-order valence-electron chi connectivity index (χ1n) is 4.95. The Morgan fingerprint density at radius 2 is 2.27 bits per heavy atom. The van der Waals surface area contributed by atoms with Crippen molar-refractivity contribution in [1.29, 1.82) is 5.26 Å². The Balaban J connectivity index is 4.07. The Bertz CT molecular complexity index is 268. The van der Waals surface area contributed by atoms with Crippen LogP contribution in [0, 0.1) is 11.3 Å². The van der Waals surface area contributed by atoms with Crippen LogP contribution in [0.3, 0.4) is 0 Å². The summed E-state index contributed by atoms with van der Waals surface area (Å²) < 4.78 is 4.81. The number of esters is 1. The summed E-state index contributed by atoms with van der Waals surface area (Å²) in [5.74, 6) is -0.367. The largest absolute Gasteiger partial charge is 0.463 e. The Morgan fingerprint density at radius 3 is 2.73 bits per heavy atom. The van der Waals surface area contributed by atoms with Crippen LogP contribution in [0.5, 0.6) is 0 Å². The van der Waals surface area contributed by atoms with Crippen molar-refractivity contribution >= 4 is 5.97 Å². The van der Waals surface area contributed by atoms with E-state index < -0.39 is 0 Å². The summed E-state index contributed by atoms with van der Waals surface area (Å²) in [6, 6.07) is 2.20. The number of hydrogen-bond donors (Lipinski definition) is 0. The van der Waals surface area contributed by atoms with Gasteiger partial charge in [0.15, 0.2) is 0 Å². The van der Waals surface area contributed by atoms with Crippen molar-refractivity contribution in [2.75, 3.05) is 20.2 Å². The minimum atomic E-state index is -0.367. The fraction of sp³-hybridized carbons (Fsp3) is 0.636. The van der Waals surface area contributed by atoms with Crippen LogP contribution in [0.1, 0.15) is 20.3 Å². The highest BCUT2D eigenvalue weighted by atomic mass is 16.5. The van der Waals surface area contributed by atoms with Crippen LogP contribution in [0.25, 0.3) is 0 Å². The molecule has 0 radical (unpaired) electrons. The number of ether oxygens (including phenoxy) is 1. The summed E-state index contributed by atoms with van der Waals surface area (Å²) in [4.78, 5) is 13.2. The zero-order valence-corrected chi connectivity index (χ0v) is 9.62. The fourth-order valence-corrected chi connectivity index (χ4v) is 1.04. The van der Waals surface area contributed by atoms with E-state index in [1.54, 1.807) is 6.92 Å². The van der Waals surface area contributed by atoms with Gasteiger partial charge in [0.1, 0.15) is 0 Å². The molecule has 1 atom stereocenters. The van der Waals surface area contributed by atoms with Gasteiger partial charge in [0.2, 0.25) is 0 Å². The number of hydrogen-bond acceptors (Lipinski definition) is 4. The number of rotatable bonds is 6. The number of nitriles is 1. The lowest BCUT2D eigenvalue weighted by molar-refractivity contribution is -0.138. The van der Waals surface area contributed by atoms with Gasteiger partial charge in [-0.1, -0.05) is 6.58 Å². The molecule has 0 aromatic carbocycles. The predicted octanol–water partition coefficient (Wildman–Crippen LogP) is 1.34. The van der Waals surface area contributed by atoms with Crippen molar-refractivity contribution < 1.29 is 9.53 Å². The standard InChI is InChI=1S/C11H18N2O2/c1-5-15-11(14)9(2)8-13(4)10(3)6-7-12/h10H,2,5-6,8H2,1,3-4H3. The molecular weight excluding hydrogens is 192 g/mol. The first-order valence-corrected chi connectivity index (χ1v) is 4.95. The van der Waals surface area contributed by atoms with Gasteiger partial charge in [-0.2, -0.15) is 5.26 Å². The van der Waals surface area contributed by atoms with Gasteiger partial charge >= 0.3 is 5.97 Å². The van der Waals surface area contributed by atoms with Gasteiger partial charge in [0.05, 0.1) is 19.1 Å². The Hall–Kier alpha value is -1.34. The molecule has 0 aliphatic heterocycles. The SMILES string of the molecule is C=C(CN(C)C(C)CC#N)C(=O)OCC. The molecule has 0 saturated heterocycles. The van der Waals surface area contributed by atoms with Gasteiger partial charge < -0.3 is 4.74 Å². The highest BCUT2D eigenvalue weighted by Crippen LogP contribution is 2.04. The first-order chi connectivity index (χ1) is 7.02. The zero-order chi connectivity index (χ0) is 11.8. The molecule has 4 nitrogen and oxygen atoms in total. The second-order valence-electron chi connectivity index (χ2n) is 3.45. The number of carbonyl (C=O) groups excluding carboxylic acids is 1. The van der Waals surface area contributed by atoms with E-state index in [-0.39, 0.29) is 12.0 Å². The summed E-state index contributed by atoms with van der Waals surface area (Å²) in [6.45, 7) is 8.13. The minimum Gasteiger partial charge on any atom is -0.463 e. The quantitative estimate of drug-likeness (QED) is 0.490. The summed E-state index contributed by atoms with van der Waals surface area (Å²) >= 11 is 0. The summed E-state index contributed by atoms with van der Waals surface area (Å²) in [6.07, 6.45) is 0.437. The zero-order valence-electron chi connectivity index (χ0n) is 9.62. The first kappa shape index (κ1) is 13.7. The molecule has 0 aliphatic rings. The van der Waals surface area contributed by atoms with E-state index in [1.807, 2.05) is 18.9 Å². The molecule has 0 fully saturated rings. The monoisotopic (exact) mass is 210 g/mol. The van der Waals surface area contributed by atoms with Crippen molar-refractivity contribution in [1.82, 2.24) is 4.90 Å². The number of nitrogens with zero attached hydrogens (tertiary/aromatic N) is 2. The topological polar surface area (TPSA) is 53.3 Å². The lowest BCUT2D eigenvalue weighted by Gasteiger charge is -2.22. The third-order valence-corrected chi connectivity index (χ3v) is 2.14. The molecule has 0 aromatic heterocycles. The second-order valence-corrected chi connectivity index (χ2v) is 3.45. The average Bonchev–Trinajstić information content (AvgIpc) is 2.18. The molecule has 84 valence electrons. The van der Waals surface area contributed by atoms with E-state index in [4.69, 9.17) is 10.00 Å². The van der Waals surface area contributed by atoms with E-state index >= 15 is 0 Å². The van der Waals surface area contributed by atoms with E-state index in [0.29, 0.717) is 25.1 Å². The maximum atomic E-state index is 11.2. The van der Waals surface area contributed by atoms with Crippen molar-refractivity contribution in [3.63, 3.8) is 0 Å². The van der Waals surface area contributed by atoms with E-state index in [0.717, 1.165) is 0 Å². The molecular formula is C11H18N2O2. The van der Waals surface area contributed by atoms with Crippen molar-refractivity contribution in [3.05, 3.63) is 12.2 Å². The van der Waals surface area contributed by atoms with Crippen LogP contribution in [0.4, 0.5) is 0 Å². The maximum absolute atomic E-state index is 11.2. The van der Waals surface area contributed by atoms with Crippen LogP contribution in [0.2, 0.25) is 0 Å². The Labute approximate surface area is 91.1 Å². The van der Waals surface area contributed by atoms with Gasteiger partial charge in [-0.05, 0) is 20.9 Å². The van der Waals surface area contributed by atoms with Gasteiger partial charge in [-0.3, -0.25) is 4.90 Å². The Kier molecular flexibility index (Phi) is 6.39. The van der Waals surface area contributed by atoms with Crippen molar-refractivity contribution in [2.24, 2.45) is 0 Å². The van der Waals surface area contributed by atoms with Crippen LogP contribution in [-0.4, -0.2) is 37.1 Å². The molecule has 15 heavy (non-hydrogen) atoms. The molecule has 0 rings (SSSR count). The van der Waals surface area contributed by atoms with Gasteiger partial charge in [0, 0.05) is 18.2 Å². The summed E-state index contributed by atoms with van der Waals surface area (Å²) in [5.41, 5.74) is 0.420. The van der Waals surface area contributed by atoms with E-state index in [1.165, 1.54) is 0 Å². The highest BCUT2D eigenvalue weighted by Gasteiger charge is 2.14. The molecule has 0 aromatic rings. The Morgan fingerprint density at radius 1 is 1.67 bits per heavy atom. The van der Waals surface area contributed by atoms with Crippen LogP contribution in [-0.2, 0) is 9.53 Å². The number of likely N-dealkylation sites (N-methyl/N-ethyl adjacent to an activating group) is 1. The average molecular weight is 210 g/mol. The molecule has 0 spiro atoms. The van der Waals surface area contributed by atoms with E-state index in [9.17, 15) is 4.79 Å². The van der Waals surface area contributed by atoms with E-state index in [2.05, 4.69) is 12.6 Å². The van der Waals surface area contributed by atoms with Crippen molar-refractivity contribution in [2.45, 2.75) is 26.3 Å². The van der Waals surface area contributed by atoms with Gasteiger partial charge in [-0.25, -0.2) is 4.79 Å². The predicted molar refractivity (Wildman–Crippen MR) is 58.1 cm³/mol. The van der Waals surface area contributed by atoms with Crippen molar-refractivity contribution in [3.8, 4) is 6.07 Å². The molecule has 0 bridgehead atoms. The fourth-order valence-electron chi connectivity index (χ4n) is 1.04.